The van der Waals surface area contributed by atoms with Gasteiger partial charge in [0.05, 0.1) is 0 Å². The third kappa shape index (κ3) is 6.26. The molecule has 0 fully saturated rings. The fourth-order valence-electron chi connectivity index (χ4n) is 1.66. The van der Waals surface area contributed by atoms with Crippen molar-refractivity contribution in [3.63, 3.8) is 0 Å². The molecule has 15 heavy (non-hydrogen) atoms. The molecule has 3 heteroatoms. The molecule has 86 valence electrons. The van der Waals surface area contributed by atoms with Gasteiger partial charge in [0.15, 0.2) is 0 Å². The van der Waals surface area contributed by atoms with Crippen LogP contribution in [0.5, 0.6) is 0 Å². The highest BCUT2D eigenvalue weighted by Gasteiger charge is 2.00. The quantitative estimate of drug-likeness (QED) is 0.643. The number of hydrogen-bond donors (Lipinski definition) is 1. The van der Waals surface area contributed by atoms with E-state index in [2.05, 4.69) is 22.4 Å². The number of unbranched alkanes of at least 4 members (excludes halogenated alkanes) is 5. The van der Waals surface area contributed by atoms with E-state index in [1.165, 1.54) is 38.5 Å². The minimum atomic E-state index is 0.962. The first-order valence-corrected chi connectivity index (χ1v) is 6.24. The first-order valence-electron chi connectivity index (χ1n) is 6.24. The summed E-state index contributed by atoms with van der Waals surface area (Å²) in [5, 5.41) is 3.99. The fourth-order valence-corrected chi connectivity index (χ4v) is 1.66. The number of nitrogens with zero attached hydrogens (tertiary/aromatic N) is 2. The van der Waals surface area contributed by atoms with Gasteiger partial charge >= 0.3 is 0 Å². The van der Waals surface area contributed by atoms with Crippen LogP contribution in [0.25, 0.3) is 0 Å². The van der Waals surface area contributed by atoms with E-state index in [4.69, 9.17) is 0 Å². The summed E-state index contributed by atoms with van der Waals surface area (Å²) in [6.07, 6.45) is 12.0. The fraction of sp³-hybridized carbons (Fsp3) is 0.833. The van der Waals surface area contributed by atoms with Crippen LogP contribution in [0, 0.1) is 0 Å². The Morgan fingerprint density at radius 2 is 2.07 bits per heavy atom. The molecular weight excluding hydrogens is 186 g/mol. The number of amidine groups is 1. The van der Waals surface area contributed by atoms with Crippen molar-refractivity contribution in [3.05, 3.63) is 0 Å². The molecule has 0 bridgehead atoms. The van der Waals surface area contributed by atoms with Gasteiger partial charge in [-0.1, -0.05) is 39.0 Å². The molecule has 1 heterocycles. The van der Waals surface area contributed by atoms with Crippen molar-refractivity contribution in [2.75, 3.05) is 6.54 Å². The lowest BCUT2D eigenvalue weighted by Crippen LogP contribution is -2.21. The van der Waals surface area contributed by atoms with Gasteiger partial charge in [0.2, 0.25) is 0 Å². The van der Waals surface area contributed by atoms with Crippen LogP contribution >= 0.6 is 0 Å². The maximum Gasteiger partial charge on any atom is 0.117 e. The molecule has 0 saturated heterocycles. The maximum atomic E-state index is 4.49. The monoisotopic (exact) mass is 209 g/mol. The van der Waals surface area contributed by atoms with E-state index in [1.54, 1.807) is 0 Å². The molecule has 0 aromatic heterocycles. The van der Waals surface area contributed by atoms with E-state index >= 15 is 0 Å². The zero-order chi connectivity index (χ0) is 10.8. The molecule has 0 aromatic carbocycles. The summed E-state index contributed by atoms with van der Waals surface area (Å²) in [5.74, 6) is 1.06. The summed E-state index contributed by atoms with van der Waals surface area (Å²) in [6, 6.07) is 0. The van der Waals surface area contributed by atoms with Crippen molar-refractivity contribution >= 4 is 12.1 Å². The molecule has 0 spiro atoms. The standard InChI is InChI=1S/C12H23N3/c1-2-3-4-5-6-7-10-13-12-9-8-11-14-15-12/h11H,2-10H2,1H3,(H,13,15). The molecule has 1 rings (SSSR count). The summed E-state index contributed by atoms with van der Waals surface area (Å²) in [5.41, 5.74) is 2.95. The van der Waals surface area contributed by atoms with Crippen LogP contribution in [0.1, 0.15) is 58.3 Å². The lowest BCUT2D eigenvalue weighted by Gasteiger charge is -2.08. The first kappa shape index (κ1) is 12.2. The first-order chi connectivity index (χ1) is 7.43. The summed E-state index contributed by atoms with van der Waals surface area (Å²) < 4.78 is 0. The molecule has 0 atom stereocenters. The third-order valence-electron chi connectivity index (χ3n) is 2.61. The van der Waals surface area contributed by atoms with Crippen LogP contribution in [0.15, 0.2) is 10.1 Å². The van der Waals surface area contributed by atoms with Crippen LogP contribution in [-0.2, 0) is 0 Å². The summed E-state index contributed by atoms with van der Waals surface area (Å²) in [7, 11) is 0. The van der Waals surface area contributed by atoms with Crippen LogP contribution < -0.4 is 5.43 Å². The smallest absolute Gasteiger partial charge is 0.117 e. The van der Waals surface area contributed by atoms with Crippen molar-refractivity contribution in [2.24, 2.45) is 10.1 Å². The Bertz CT molecular complexity index is 209. The van der Waals surface area contributed by atoms with E-state index in [0.717, 1.165) is 25.2 Å². The van der Waals surface area contributed by atoms with E-state index in [1.807, 2.05) is 6.21 Å². The topological polar surface area (TPSA) is 36.8 Å². The van der Waals surface area contributed by atoms with Gasteiger partial charge in [0.1, 0.15) is 5.84 Å². The van der Waals surface area contributed by atoms with E-state index in [0.29, 0.717) is 0 Å². The van der Waals surface area contributed by atoms with E-state index in [9.17, 15) is 0 Å². The highest BCUT2D eigenvalue weighted by Crippen LogP contribution is 2.05. The molecule has 0 aromatic rings. The Hall–Kier alpha value is -0.860. The van der Waals surface area contributed by atoms with Crippen molar-refractivity contribution < 1.29 is 0 Å². The SMILES string of the molecule is CCCCCCCCN=C1CCC=NN1. The molecule has 0 unspecified atom stereocenters. The normalized spacial score (nSPS) is 18.1. The van der Waals surface area contributed by atoms with Crippen molar-refractivity contribution in [3.8, 4) is 0 Å². The largest absolute Gasteiger partial charge is 0.271 e. The minimum Gasteiger partial charge on any atom is -0.271 e. The molecule has 1 aliphatic rings. The Labute approximate surface area is 93.1 Å². The lowest BCUT2D eigenvalue weighted by molar-refractivity contribution is 0.611. The molecule has 0 amide bonds. The lowest BCUT2D eigenvalue weighted by atomic mass is 10.1. The van der Waals surface area contributed by atoms with Gasteiger partial charge in [0.25, 0.3) is 0 Å². The van der Waals surface area contributed by atoms with Crippen LogP contribution in [-0.4, -0.2) is 18.6 Å². The molecule has 1 N–H and O–H groups in total. The maximum absolute atomic E-state index is 4.49. The zero-order valence-corrected chi connectivity index (χ0v) is 9.84. The van der Waals surface area contributed by atoms with Crippen molar-refractivity contribution in [1.29, 1.82) is 0 Å². The number of rotatable bonds is 7. The Morgan fingerprint density at radius 3 is 2.80 bits per heavy atom. The molecule has 0 radical (unpaired) electrons. The third-order valence-corrected chi connectivity index (χ3v) is 2.61. The second-order valence-corrected chi connectivity index (χ2v) is 4.06. The van der Waals surface area contributed by atoms with Gasteiger partial charge in [-0.3, -0.25) is 10.4 Å². The van der Waals surface area contributed by atoms with Crippen LogP contribution in [0.2, 0.25) is 0 Å². The van der Waals surface area contributed by atoms with Gasteiger partial charge in [-0.05, 0) is 12.8 Å². The second kappa shape index (κ2) is 8.45. The average molecular weight is 209 g/mol. The number of aliphatic imine (C=N–C) groups is 1. The highest BCUT2D eigenvalue weighted by molar-refractivity contribution is 5.86. The summed E-state index contributed by atoms with van der Waals surface area (Å²) >= 11 is 0. The second-order valence-electron chi connectivity index (χ2n) is 4.06. The average Bonchev–Trinajstić information content (AvgIpc) is 2.29. The predicted molar refractivity (Wildman–Crippen MR) is 66.5 cm³/mol. The highest BCUT2D eigenvalue weighted by atomic mass is 15.3. The van der Waals surface area contributed by atoms with Crippen LogP contribution in [0.4, 0.5) is 0 Å². The summed E-state index contributed by atoms with van der Waals surface area (Å²) in [4.78, 5) is 4.49. The van der Waals surface area contributed by atoms with Gasteiger partial charge in [-0.15, -0.1) is 0 Å². The zero-order valence-electron chi connectivity index (χ0n) is 9.84. The molecule has 0 aliphatic carbocycles. The summed E-state index contributed by atoms with van der Waals surface area (Å²) in [6.45, 7) is 3.21. The molecule has 0 saturated carbocycles. The van der Waals surface area contributed by atoms with Gasteiger partial charge < -0.3 is 0 Å². The van der Waals surface area contributed by atoms with Gasteiger partial charge in [-0.2, -0.15) is 5.10 Å². The molecule has 1 aliphatic heterocycles. The van der Waals surface area contributed by atoms with Gasteiger partial charge in [-0.25, -0.2) is 0 Å². The molecule has 3 nitrogen and oxygen atoms in total. The van der Waals surface area contributed by atoms with E-state index < -0.39 is 0 Å². The number of hydrazone groups is 1. The van der Waals surface area contributed by atoms with E-state index in [-0.39, 0.29) is 0 Å². The molecular formula is C12H23N3. The Morgan fingerprint density at radius 1 is 1.27 bits per heavy atom. The van der Waals surface area contributed by atoms with Crippen molar-refractivity contribution in [1.82, 2.24) is 5.43 Å². The van der Waals surface area contributed by atoms with Crippen LogP contribution in [0.3, 0.4) is 0 Å². The Kier molecular flexibility index (Phi) is 6.88. The minimum absolute atomic E-state index is 0.962. The number of nitrogens with one attached hydrogen (secondary N) is 1. The van der Waals surface area contributed by atoms with Crippen molar-refractivity contribution in [2.45, 2.75) is 58.3 Å². The van der Waals surface area contributed by atoms with Gasteiger partial charge in [0, 0.05) is 19.2 Å². The number of hydrogen-bond acceptors (Lipinski definition) is 2. The Balaban J connectivity index is 1.94. The predicted octanol–water partition coefficient (Wildman–Crippen LogP) is 3.11.